The Kier molecular flexibility index (Phi) is 4.00. The zero-order valence-corrected chi connectivity index (χ0v) is 3.33. The maximum Gasteiger partial charge on any atom is -0.0173 e. The molecule has 0 saturated heterocycles. The van der Waals surface area contributed by atoms with Crippen LogP contribution in [0, 0.1) is 20.3 Å². The highest BCUT2D eigenvalue weighted by atomic mass is 13.7. The second-order valence-corrected chi connectivity index (χ2v) is 0.750. The third-order valence-electron chi connectivity index (χ3n) is 0.354. The summed E-state index contributed by atoms with van der Waals surface area (Å²) >= 11 is 0. The molecule has 0 saturated carbocycles. The zero-order chi connectivity index (χ0) is 4.12. The van der Waals surface area contributed by atoms with Crippen molar-refractivity contribution < 1.29 is 0 Å². The van der Waals surface area contributed by atoms with Crippen LogP contribution in [0.4, 0.5) is 0 Å². The van der Waals surface area contributed by atoms with Gasteiger partial charge < -0.3 is 0 Å². The van der Waals surface area contributed by atoms with Crippen LogP contribution in [0.3, 0.4) is 0 Å². The Morgan fingerprint density at radius 2 is 1.60 bits per heavy atom. The van der Waals surface area contributed by atoms with Gasteiger partial charge in [-0.3, -0.25) is 0 Å². The summed E-state index contributed by atoms with van der Waals surface area (Å²) in [5, 5.41) is 0. The van der Waals surface area contributed by atoms with E-state index in [1.54, 1.807) is 0 Å². The Morgan fingerprint density at radius 1 is 1.20 bits per heavy atom. The molecule has 5 heavy (non-hydrogen) atoms. The van der Waals surface area contributed by atoms with E-state index in [9.17, 15) is 0 Å². The molecule has 28 valence electrons. The van der Waals surface area contributed by atoms with Gasteiger partial charge in [-0.15, -0.1) is 0 Å². The van der Waals surface area contributed by atoms with Crippen LogP contribution >= 0.6 is 0 Å². The fourth-order valence-corrected chi connectivity index (χ4v) is 0.125. The first-order valence-electron chi connectivity index (χ1n) is 1.71. The van der Waals surface area contributed by atoms with Gasteiger partial charge in [0.25, 0.3) is 0 Å². The molecule has 0 unspecified atom stereocenters. The van der Waals surface area contributed by atoms with E-state index in [1.807, 2.05) is 0 Å². The van der Waals surface area contributed by atoms with Gasteiger partial charge >= 0.3 is 0 Å². The molecule has 0 aliphatic heterocycles. The highest BCUT2D eigenvalue weighted by molar-refractivity contribution is 4.65. The van der Waals surface area contributed by atoms with Crippen LogP contribution in [0.2, 0.25) is 0 Å². The van der Waals surface area contributed by atoms with Crippen molar-refractivity contribution in [1.82, 2.24) is 0 Å². The van der Waals surface area contributed by atoms with Crippen LogP contribution in [-0.2, 0) is 0 Å². The van der Waals surface area contributed by atoms with Gasteiger partial charge in [-0.2, -0.15) is 0 Å². The van der Waals surface area contributed by atoms with Crippen molar-refractivity contribution in [2.45, 2.75) is 12.8 Å². The number of rotatable bonds is 2. The first-order chi connectivity index (χ1) is 2.41. The quantitative estimate of drug-likeness (QED) is 0.460. The Balaban J connectivity index is 2.19. The Bertz CT molecular complexity index is 7.51. The van der Waals surface area contributed by atoms with E-state index in [0.717, 1.165) is 12.8 Å². The third-order valence-corrected chi connectivity index (χ3v) is 0.354. The lowest BCUT2D eigenvalue weighted by molar-refractivity contribution is 1.10. The van der Waals surface area contributed by atoms with Crippen LogP contribution < -0.4 is 0 Å². The smallest absolute Gasteiger partial charge is 0.0173 e. The first-order valence-corrected chi connectivity index (χ1v) is 1.71. The maximum atomic E-state index is 3.52. The lowest BCUT2D eigenvalue weighted by Crippen LogP contribution is -1.62. The highest BCUT2D eigenvalue weighted by Gasteiger charge is 1.70. The summed E-state index contributed by atoms with van der Waals surface area (Å²) in [5.74, 6) is 0. The summed E-state index contributed by atoms with van der Waals surface area (Å²) in [6.45, 7) is 7.05. The van der Waals surface area contributed by atoms with E-state index in [1.165, 1.54) is 0 Å². The van der Waals surface area contributed by atoms with Crippen molar-refractivity contribution in [3.63, 3.8) is 0 Å². The summed E-state index contributed by atoms with van der Waals surface area (Å²) in [6.07, 6.45) is 4.45. The molecule has 0 nitrogen and oxygen atoms in total. The van der Waals surface area contributed by atoms with Gasteiger partial charge in [0.15, 0.2) is 0 Å². The predicted octanol–water partition coefficient (Wildman–Crippen LogP) is 1.52. The fraction of sp³-hybridized carbons (Fsp3) is 0.400. The van der Waals surface area contributed by atoms with Crippen LogP contribution in [0.5, 0.6) is 0 Å². The lowest BCUT2D eigenvalue weighted by Gasteiger charge is -1.77. The molecule has 0 aromatic rings. The number of hydrogen-bond donors (Lipinski definition) is 0. The summed E-state index contributed by atoms with van der Waals surface area (Å²) in [6, 6.07) is 0. The van der Waals surface area contributed by atoms with Gasteiger partial charge in [-0.05, 0) is 19.3 Å². The van der Waals surface area contributed by atoms with Crippen molar-refractivity contribution in [3.8, 4) is 0 Å². The van der Waals surface area contributed by atoms with Crippen molar-refractivity contribution in [3.05, 3.63) is 20.3 Å². The molecule has 0 heterocycles. The van der Waals surface area contributed by atoms with E-state index in [4.69, 9.17) is 0 Å². The van der Waals surface area contributed by atoms with E-state index in [-0.39, 0.29) is 0 Å². The Labute approximate surface area is 34.2 Å². The van der Waals surface area contributed by atoms with Gasteiger partial charge in [0.1, 0.15) is 0 Å². The molecule has 0 aliphatic carbocycles. The van der Waals surface area contributed by atoms with Crippen LogP contribution in [-0.4, -0.2) is 0 Å². The second-order valence-electron chi connectivity index (χ2n) is 0.750. The van der Waals surface area contributed by atoms with Gasteiger partial charge in [-0.1, -0.05) is 13.8 Å². The third kappa shape index (κ3) is 4.00. The molecule has 0 aromatic carbocycles. The van der Waals surface area contributed by atoms with Crippen molar-refractivity contribution >= 4 is 0 Å². The molecular weight excluding hydrogens is 60.1 g/mol. The summed E-state index contributed by atoms with van der Waals surface area (Å²) < 4.78 is 0. The molecule has 0 heteroatoms. The molecule has 0 aliphatic rings. The van der Waals surface area contributed by atoms with Gasteiger partial charge in [-0.25, -0.2) is 0 Å². The minimum absolute atomic E-state index is 0.781. The zero-order valence-electron chi connectivity index (χ0n) is 3.33. The molecule has 0 amide bonds. The van der Waals surface area contributed by atoms with E-state index < -0.39 is 0 Å². The topological polar surface area (TPSA) is 0 Å². The van der Waals surface area contributed by atoms with Crippen molar-refractivity contribution in [2.75, 3.05) is 0 Å². The standard InChI is InChI=1S/C5H8/c1-3-5-4-2/h1-4H2. The fourth-order valence-electron chi connectivity index (χ4n) is 0.125. The van der Waals surface area contributed by atoms with Crippen LogP contribution in [0.25, 0.3) is 0 Å². The molecule has 0 atom stereocenters. The maximum absolute atomic E-state index is 3.52. The summed E-state index contributed by atoms with van der Waals surface area (Å²) in [7, 11) is 0. The predicted molar refractivity (Wildman–Crippen MR) is 23.2 cm³/mol. The monoisotopic (exact) mass is 68.1 g/mol. The molecule has 0 spiro atoms. The second kappa shape index (κ2) is 4.00. The number of hydrogen-bond acceptors (Lipinski definition) is 0. The SMILES string of the molecule is [CH2]C[C]C[CH2]. The minimum atomic E-state index is 0.781. The molecule has 0 bridgehead atoms. The van der Waals surface area contributed by atoms with Gasteiger partial charge in [0.05, 0.1) is 0 Å². The molecular formula is C5H8. The average molecular weight is 68.1 g/mol. The van der Waals surface area contributed by atoms with Crippen molar-refractivity contribution in [1.29, 1.82) is 0 Å². The average Bonchev–Trinajstić information content (AvgIpc) is 1.41. The van der Waals surface area contributed by atoms with Gasteiger partial charge in [0, 0.05) is 0 Å². The molecule has 0 N–H and O–H groups in total. The Morgan fingerprint density at radius 3 is 1.60 bits per heavy atom. The minimum Gasteiger partial charge on any atom is -0.0527 e. The summed E-state index contributed by atoms with van der Waals surface area (Å²) in [5.41, 5.74) is 0. The van der Waals surface area contributed by atoms with Crippen LogP contribution in [0.15, 0.2) is 0 Å². The first kappa shape index (κ1) is 5.00. The van der Waals surface area contributed by atoms with Crippen LogP contribution in [0.1, 0.15) is 12.8 Å². The molecule has 0 fully saturated rings. The highest BCUT2D eigenvalue weighted by Crippen LogP contribution is 1.85. The van der Waals surface area contributed by atoms with E-state index in [2.05, 4.69) is 20.3 Å². The van der Waals surface area contributed by atoms with E-state index >= 15 is 0 Å². The number of unbranched alkanes of at least 4 members (excludes halogenated alkanes) is 2. The molecule has 4 radical (unpaired) electrons. The Hall–Kier alpha value is 0. The van der Waals surface area contributed by atoms with Crippen molar-refractivity contribution in [2.24, 2.45) is 0 Å². The molecule has 0 aromatic heterocycles. The molecule has 0 rings (SSSR count). The largest absolute Gasteiger partial charge is 0.0527 e. The van der Waals surface area contributed by atoms with Gasteiger partial charge in [0.2, 0.25) is 0 Å². The van der Waals surface area contributed by atoms with E-state index in [0.29, 0.717) is 0 Å². The lowest BCUT2D eigenvalue weighted by atomic mass is 10.3. The summed E-state index contributed by atoms with van der Waals surface area (Å²) in [4.78, 5) is 0. The normalized spacial score (nSPS) is 8.40.